The van der Waals surface area contributed by atoms with Gasteiger partial charge in [-0.15, -0.1) is 0 Å². The van der Waals surface area contributed by atoms with Gasteiger partial charge < -0.3 is 20.3 Å². The molecule has 128 valence electrons. The third-order valence-corrected chi connectivity index (χ3v) is 3.42. The van der Waals surface area contributed by atoms with Gasteiger partial charge in [-0.1, -0.05) is 24.3 Å². The number of nitrogens with two attached hydrogens (primary N) is 1. The zero-order valence-corrected chi connectivity index (χ0v) is 13.4. The highest BCUT2D eigenvalue weighted by molar-refractivity contribution is 5.73. The molecule has 0 saturated carbocycles. The van der Waals surface area contributed by atoms with E-state index in [0.29, 0.717) is 23.7 Å². The molecule has 24 heavy (non-hydrogen) atoms. The first-order chi connectivity index (χ1) is 11.5. The summed E-state index contributed by atoms with van der Waals surface area (Å²) in [7, 11) is 0. The van der Waals surface area contributed by atoms with Crippen molar-refractivity contribution in [2.24, 2.45) is 5.73 Å². The fraction of sp³-hybridized carbons (Fsp3) is 0.278. The van der Waals surface area contributed by atoms with Gasteiger partial charge >= 0.3 is 5.97 Å². The summed E-state index contributed by atoms with van der Waals surface area (Å²) in [6.45, 7) is 2.32. The maximum Gasteiger partial charge on any atom is 0.320 e. The molecule has 0 aliphatic heterocycles. The van der Waals surface area contributed by atoms with Crippen molar-refractivity contribution in [3.05, 3.63) is 59.4 Å². The van der Waals surface area contributed by atoms with Crippen LogP contribution in [0.2, 0.25) is 0 Å². The molecule has 0 radical (unpaired) electrons. The number of carboxylic acids is 1. The molecule has 2 rings (SSSR count). The van der Waals surface area contributed by atoms with E-state index in [1.165, 1.54) is 6.07 Å². The summed E-state index contributed by atoms with van der Waals surface area (Å²) in [5.41, 5.74) is 6.72. The standard InChI is InChI=1S/C18H20FNO4/c1-2-23-17-10-12(9-15(20)18(21)22)7-8-16(17)24-11-13-5-3-4-6-14(13)19/h3-8,10,15H,2,9,11,20H2,1H3,(H,21,22). The minimum Gasteiger partial charge on any atom is -0.490 e. The Hall–Kier alpha value is -2.60. The second-order valence-electron chi connectivity index (χ2n) is 5.24. The topological polar surface area (TPSA) is 81.8 Å². The molecule has 0 aliphatic rings. The second kappa shape index (κ2) is 8.31. The Labute approximate surface area is 139 Å². The Bertz CT molecular complexity index is 705. The van der Waals surface area contributed by atoms with Crippen LogP contribution < -0.4 is 15.2 Å². The maximum atomic E-state index is 13.6. The number of ether oxygens (including phenoxy) is 2. The Morgan fingerprint density at radius 3 is 2.62 bits per heavy atom. The molecule has 0 heterocycles. The molecule has 2 aromatic rings. The molecule has 0 amide bonds. The molecular weight excluding hydrogens is 313 g/mol. The number of benzene rings is 2. The minimum absolute atomic E-state index is 0.0702. The van der Waals surface area contributed by atoms with Crippen molar-refractivity contribution in [2.75, 3.05) is 6.61 Å². The molecule has 0 aromatic heterocycles. The molecule has 1 unspecified atom stereocenters. The van der Waals surface area contributed by atoms with Gasteiger partial charge in [0.2, 0.25) is 0 Å². The lowest BCUT2D eigenvalue weighted by atomic mass is 10.1. The predicted molar refractivity (Wildman–Crippen MR) is 87.7 cm³/mol. The van der Waals surface area contributed by atoms with Crippen LogP contribution in [-0.4, -0.2) is 23.7 Å². The smallest absolute Gasteiger partial charge is 0.320 e. The largest absolute Gasteiger partial charge is 0.490 e. The van der Waals surface area contributed by atoms with Crippen molar-refractivity contribution in [1.82, 2.24) is 0 Å². The van der Waals surface area contributed by atoms with Crippen LogP contribution in [0, 0.1) is 5.82 Å². The average molecular weight is 333 g/mol. The monoisotopic (exact) mass is 333 g/mol. The lowest BCUT2D eigenvalue weighted by Crippen LogP contribution is -2.32. The highest BCUT2D eigenvalue weighted by Crippen LogP contribution is 2.30. The summed E-state index contributed by atoms with van der Waals surface area (Å²) in [4.78, 5) is 10.9. The fourth-order valence-corrected chi connectivity index (χ4v) is 2.18. The Kier molecular flexibility index (Phi) is 6.14. The van der Waals surface area contributed by atoms with Crippen molar-refractivity contribution in [1.29, 1.82) is 0 Å². The average Bonchev–Trinajstić information content (AvgIpc) is 2.55. The summed E-state index contributed by atoms with van der Waals surface area (Å²) in [5, 5.41) is 8.89. The third-order valence-electron chi connectivity index (χ3n) is 3.42. The lowest BCUT2D eigenvalue weighted by molar-refractivity contribution is -0.138. The van der Waals surface area contributed by atoms with Crippen molar-refractivity contribution in [3.63, 3.8) is 0 Å². The maximum absolute atomic E-state index is 13.6. The van der Waals surface area contributed by atoms with Crippen LogP contribution >= 0.6 is 0 Å². The molecule has 1 atom stereocenters. The van der Waals surface area contributed by atoms with Gasteiger partial charge in [-0.2, -0.15) is 0 Å². The van der Waals surface area contributed by atoms with Gasteiger partial charge in [0.25, 0.3) is 0 Å². The summed E-state index contributed by atoms with van der Waals surface area (Å²) < 4.78 is 24.8. The minimum atomic E-state index is -1.06. The van der Waals surface area contributed by atoms with Gasteiger partial charge in [-0.25, -0.2) is 4.39 Å². The summed E-state index contributed by atoms with van der Waals surface area (Å²) >= 11 is 0. The van der Waals surface area contributed by atoms with E-state index in [0.717, 1.165) is 5.56 Å². The summed E-state index contributed by atoms with van der Waals surface area (Å²) in [6, 6.07) is 10.5. The van der Waals surface area contributed by atoms with Crippen molar-refractivity contribution in [2.45, 2.75) is 26.0 Å². The van der Waals surface area contributed by atoms with Crippen molar-refractivity contribution >= 4 is 5.97 Å². The first-order valence-corrected chi connectivity index (χ1v) is 7.61. The molecule has 0 saturated heterocycles. The van der Waals surface area contributed by atoms with Crippen LogP contribution in [-0.2, 0) is 17.8 Å². The summed E-state index contributed by atoms with van der Waals surface area (Å²) in [5.74, 6) is -0.455. The molecule has 2 aromatic carbocycles. The van der Waals surface area contributed by atoms with Gasteiger partial charge in [0.05, 0.1) is 6.61 Å². The Morgan fingerprint density at radius 2 is 1.96 bits per heavy atom. The highest BCUT2D eigenvalue weighted by Gasteiger charge is 2.14. The van der Waals surface area contributed by atoms with E-state index < -0.39 is 12.0 Å². The van der Waals surface area contributed by atoms with E-state index >= 15 is 0 Å². The first kappa shape index (κ1) is 17.7. The van der Waals surface area contributed by atoms with Gasteiger partial charge in [-0.3, -0.25) is 4.79 Å². The van der Waals surface area contributed by atoms with E-state index in [9.17, 15) is 9.18 Å². The molecule has 0 spiro atoms. The van der Waals surface area contributed by atoms with Crippen LogP contribution in [0.5, 0.6) is 11.5 Å². The van der Waals surface area contributed by atoms with E-state index in [2.05, 4.69) is 0 Å². The molecule has 5 nitrogen and oxygen atoms in total. The van der Waals surface area contributed by atoms with E-state index in [-0.39, 0.29) is 18.8 Å². The molecule has 6 heteroatoms. The van der Waals surface area contributed by atoms with E-state index in [1.807, 2.05) is 6.92 Å². The molecular formula is C18H20FNO4. The van der Waals surface area contributed by atoms with Crippen LogP contribution in [0.4, 0.5) is 4.39 Å². The SMILES string of the molecule is CCOc1cc(CC(N)C(=O)O)ccc1OCc1ccccc1F. The van der Waals surface area contributed by atoms with Crippen LogP contribution in [0.1, 0.15) is 18.1 Å². The van der Waals surface area contributed by atoms with Crippen molar-refractivity contribution < 1.29 is 23.8 Å². The number of hydrogen-bond donors (Lipinski definition) is 2. The van der Waals surface area contributed by atoms with E-state index in [4.69, 9.17) is 20.3 Å². The molecule has 0 aliphatic carbocycles. The number of hydrogen-bond acceptors (Lipinski definition) is 4. The third kappa shape index (κ3) is 4.70. The number of halogens is 1. The summed E-state index contributed by atoms with van der Waals surface area (Å²) in [6.07, 6.45) is 0.184. The second-order valence-corrected chi connectivity index (χ2v) is 5.24. The molecule has 3 N–H and O–H groups in total. The number of rotatable bonds is 8. The number of carboxylic acid groups (broad SMARTS) is 1. The quantitative estimate of drug-likeness (QED) is 0.776. The van der Waals surface area contributed by atoms with Gasteiger partial charge in [-0.05, 0) is 37.1 Å². The van der Waals surface area contributed by atoms with Crippen LogP contribution in [0.15, 0.2) is 42.5 Å². The normalized spacial score (nSPS) is 11.8. The Morgan fingerprint density at radius 1 is 1.21 bits per heavy atom. The van der Waals surface area contributed by atoms with Gasteiger partial charge in [0.1, 0.15) is 18.5 Å². The number of aliphatic carboxylic acids is 1. The van der Waals surface area contributed by atoms with Gasteiger partial charge in [0.15, 0.2) is 11.5 Å². The van der Waals surface area contributed by atoms with Gasteiger partial charge in [0, 0.05) is 5.56 Å². The zero-order chi connectivity index (χ0) is 17.5. The Balaban J connectivity index is 2.14. The van der Waals surface area contributed by atoms with Crippen molar-refractivity contribution in [3.8, 4) is 11.5 Å². The lowest BCUT2D eigenvalue weighted by Gasteiger charge is -2.14. The van der Waals surface area contributed by atoms with Crippen LogP contribution in [0.25, 0.3) is 0 Å². The van der Waals surface area contributed by atoms with E-state index in [1.54, 1.807) is 36.4 Å². The highest BCUT2D eigenvalue weighted by atomic mass is 19.1. The predicted octanol–water partition coefficient (Wildman–Crippen LogP) is 2.76. The van der Waals surface area contributed by atoms with Crippen LogP contribution in [0.3, 0.4) is 0 Å². The first-order valence-electron chi connectivity index (χ1n) is 7.61. The molecule has 0 fully saturated rings. The molecule has 0 bridgehead atoms. The fourth-order valence-electron chi connectivity index (χ4n) is 2.18. The number of carbonyl (C=O) groups is 1. The zero-order valence-electron chi connectivity index (χ0n) is 13.4.